The lowest BCUT2D eigenvalue weighted by atomic mass is 10.2. The summed E-state index contributed by atoms with van der Waals surface area (Å²) in [4.78, 5) is 10.6. The minimum atomic E-state index is -0.338. The third kappa shape index (κ3) is 3.95. The number of rotatable bonds is 6. The zero-order chi connectivity index (χ0) is 12.8. The second kappa shape index (κ2) is 6.28. The first-order chi connectivity index (χ1) is 8.74. The number of nitrogens with two attached hydrogens (primary N) is 1. The third-order valence-corrected chi connectivity index (χ3v) is 3.20. The van der Waals surface area contributed by atoms with Crippen molar-refractivity contribution in [3.63, 3.8) is 0 Å². The molecule has 1 fully saturated rings. The van der Waals surface area contributed by atoms with Gasteiger partial charge in [-0.05, 0) is 37.1 Å². The molecule has 0 aromatic heterocycles. The molecule has 0 heterocycles. The van der Waals surface area contributed by atoms with Crippen LogP contribution in [0.25, 0.3) is 0 Å². The van der Waals surface area contributed by atoms with E-state index in [2.05, 4.69) is 5.32 Å². The first-order valence-corrected chi connectivity index (χ1v) is 6.52. The minimum absolute atomic E-state index is 0.252. The average molecular weight is 248 g/mol. The Balaban J connectivity index is 1.79. The van der Waals surface area contributed by atoms with Crippen LogP contribution in [0.1, 0.15) is 32.1 Å². The molecule has 1 aliphatic carbocycles. The van der Waals surface area contributed by atoms with Crippen molar-refractivity contribution in [2.24, 2.45) is 5.73 Å². The van der Waals surface area contributed by atoms with Gasteiger partial charge in [-0.25, -0.2) is 0 Å². The fourth-order valence-corrected chi connectivity index (χ4v) is 2.22. The van der Waals surface area contributed by atoms with Gasteiger partial charge < -0.3 is 15.8 Å². The Labute approximate surface area is 108 Å². The Morgan fingerprint density at radius 1 is 1.28 bits per heavy atom. The summed E-state index contributed by atoms with van der Waals surface area (Å²) in [5, 5.41) is 3.51. The molecule has 1 saturated carbocycles. The van der Waals surface area contributed by atoms with Gasteiger partial charge in [-0.15, -0.1) is 0 Å². The van der Waals surface area contributed by atoms with E-state index in [1.54, 1.807) is 0 Å². The third-order valence-electron chi connectivity index (χ3n) is 3.20. The monoisotopic (exact) mass is 248 g/mol. The van der Waals surface area contributed by atoms with E-state index in [1.807, 2.05) is 24.3 Å². The maximum absolute atomic E-state index is 10.6. The van der Waals surface area contributed by atoms with E-state index >= 15 is 0 Å². The van der Waals surface area contributed by atoms with Gasteiger partial charge in [0.05, 0.1) is 13.0 Å². The number of carbonyl (C=O) groups is 1. The lowest BCUT2D eigenvalue weighted by molar-refractivity contribution is -0.118. The van der Waals surface area contributed by atoms with Crippen molar-refractivity contribution < 1.29 is 9.53 Å². The maximum Gasteiger partial charge on any atom is 0.220 e. The Hall–Kier alpha value is -1.71. The van der Waals surface area contributed by atoms with E-state index in [1.165, 1.54) is 25.7 Å². The first kappa shape index (κ1) is 12.7. The molecule has 0 saturated heterocycles. The summed E-state index contributed by atoms with van der Waals surface area (Å²) in [5.41, 5.74) is 6.17. The number of anilines is 1. The highest BCUT2D eigenvalue weighted by atomic mass is 16.5. The van der Waals surface area contributed by atoms with Crippen molar-refractivity contribution in [3.8, 4) is 5.75 Å². The van der Waals surface area contributed by atoms with Gasteiger partial charge in [0.2, 0.25) is 5.91 Å². The number of amides is 1. The molecule has 0 spiro atoms. The highest BCUT2D eigenvalue weighted by Crippen LogP contribution is 2.23. The van der Waals surface area contributed by atoms with Crippen LogP contribution in [-0.4, -0.2) is 18.6 Å². The van der Waals surface area contributed by atoms with Crippen LogP contribution >= 0.6 is 0 Å². The number of hydrogen-bond donors (Lipinski definition) is 2. The van der Waals surface area contributed by atoms with Gasteiger partial charge in [-0.1, -0.05) is 12.8 Å². The molecule has 0 bridgehead atoms. The molecule has 0 radical (unpaired) electrons. The summed E-state index contributed by atoms with van der Waals surface area (Å²) in [6.45, 7) is 0.338. The van der Waals surface area contributed by atoms with Crippen molar-refractivity contribution in [1.29, 1.82) is 0 Å². The summed E-state index contributed by atoms with van der Waals surface area (Å²) in [6.07, 6.45) is 5.42. The van der Waals surface area contributed by atoms with E-state index < -0.39 is 0 Å². The van der Waals surface area contributed by atoms with Crippen molar-refractivity contribution in [3.05, 3.63) is 24.3 Å². The molecular formula is C14H20N2O2. The summed E-state index contributed by atoms with van der Waals surface area (Å²) < 4.78 is 5.41. The quantitative estimate of drug-likeness (QED) is 0.812. The van der Waals surface area contributed by atoms with Gasteiger partial charge in [-0.3, -0.25) is 4.79 Å². The Morgan fingerprint density at radius 2 is 1.94 bits per heavy atom. The van der Waals surface area contributed by atoms with E-state index in [9.17, 15) is 4.79 Å². The first-order valence-electron chi connectivity index (χ1n) is 6.52. The molecular weight excluding hydrogens is 228 g/mol. The minimum Gasteiger partial charge on any atom is -0.493 e. The summed E-state index contributed by atoms with van der Waals surface area (Å²) in [5.74, 6) is 0.433. The van der Waals surface area contributed by atoms with Crippen molar-refractivity contribution in [1.82, 2.24) is 0 Å². The van der Waals surface area contributed by atoms with Gasteiger partial charge in [-0.2, -0.15) is 0 Å². The van der Waals surface area contributed by atoms with Crippen LogP contribution < -0.4 is 15.8 Å². The van der Waals surface area contributed by atoms with Crippen LogP contribution in [0.2, 0.25) is 0 Å². The standard InChI is InChI=1S/C14H20N2O2/c15-14(17)9-10-18-13-7-5-12(6-8-13)16-11-3-1-2-4-11/h5-8,11,16H,1-4,9-10H2,(H2,15,17). The molecule has 0 atom stereocenters. The number of hydrogen-bond acceptors (Lipinski definition) is 3. The number of ether oxygens (including phenoxy) is 1. The highest BCUT2D eigenvalue weighted by molar-refractivity contribution is 5.73. The van der Waals surface area contributed by atoms with E-state index in [4.69, 9.17) is 10.5 Å². The van der Waals surface area contributed by atoms with Gasteiger partial charge in [0.25, 0.3) is 0 Å². The van der Waals surface area contributed by atoms with Crippen LogP contribution in [0.4, 0.5) is 5.69 Å². The molecule has 98 valence electrons. The summed E-state index contributed by atoms with van der Waals surface area (Å²) in [7, 11) is 0. The number of primary amides is 1. The second-order valence-corrected chi connectivity index (χ2v) is 4.71. The van der Waals surface area contributed by atoms with Crippen LogP contribution in [0.15, 0.2) is 24.3 Å². The van der Waals surface area contributed by atoms with Crippen molar-refractivity contribution in [2.45, 2.75) is 38.1 Å². The van der Waals surface area contributed by atoms with E-state index in [0.717, 1.165) is 11.4 Å². The Kier molecular flexibility index (Phi) is 4.45. The summed E-state index contributed by atoms with van der Waals surface area (Å²) in [6, 6.07) is 8.47. The molecule has 2 rings (SSSR count). The topological polar surface area (TPSA) is 64.4 Å². The van der Waals surface area contributed by atoms with E-state index in [-0.39, 0.29) is 12.3 Å². The molecule has 0 aliphatic heterocycles. The molecule has 18 heavy (non-hydrogen) atoms. The lowest BCUT2D eigenvalue weighted by Gasteiger charge is -2.13. The van der Waals surface area contributed by atoms with Gasteiger partial charge in [0, 0.05) is 11.7 Å². The number of nitrogens with one attached hydrogen (secondary N) is 1. The average Bonchev–Trinajstić information content (AvgIpc) is 2.84. The van der Waals surface area contributed by atoms with Crippen LogP contribution in [-0.2, 0) is 4.79 Å². The van der Waals surface area contributed by atoms with Gasteiger partial charge >= 0.3 is 0 Å². The predicted molar refractivity (Wildman–Crippen MR) is 71.6 cm³/mol. The SMILES string of the molecule is NC(=O)CCOc1ccc(NC2CCCC2)cc1. The van der Waals surface area contributed by atoms with Gasteiger partial charge in [0.1, 0.15) is 5.75 Å². The maximum atomic E-state index is 10.6. The molecule has 4 heteroatoms. The normalized spacial score (nSPS) is 15.6. The Morgan fingerprint density at radius 3 is 2.56 bits per heavy atom. The lowest BCUT2D eigenvalue weighted by Crippen LogP contribution is -2.15. The van der Waals surface area contributed by atoms with Crippen LogP contribution in [0.5, 0.6) is 5.75 Å². The highest BCUT2D eigenvalue weighted by Gasteiger charge is 2.14. The number of carbonyl (C=O) groups excluding carboxylic acids is 1. The molecule has 1 amide bonds. The molecule has 1 aliphatic rings. The predicted octanol–water partition coefficient (Wildman–Crippen LogP) is 2.30. The largest absolute Gasteiger partial charge is 0.493 e. The molecule has 3 N–H and O–H groups in total. The fourth-order valence-electron chi connectivity index (χ4n) is 2.22. The molecule has 0 unspecified atom stereocenters. The number of benzene rings is 1. The molecule has 4 nitrogen and oxygen atoms in total. The smallest absolute Gasteiger partial charge is 0.220 e. The molecule has 1 aromatic carbocycles. The second-order valence-electron chi connectivity index (χ2n) is 4.71. The zero-order valence-corrected chi connectivity index (χ0v) is 10.5. The van der Waals surface area contributed by atoms with Crippen LogP contribution in [0, 0.1) is 0 Å². The fraction of sp³-hybridized carbons (Fsp3) is 0.500. The summed E-state index contributed by atoms with van der Waals surface area (Å²) >= 11 is 0. The van der Waals surface area contributed by atoms with Crippen LogP contribution in [0.3, 0.4) is 0 Å². The van der Waals surface area contributed by atoms with E-state index in [0.29, 0.717) is 12.6 Å². The van der Waals surface area contributed by atoms with Gasteiger partial charge in [0.15, 0.2) is 0 Å². The van der Waals surface area contributed by atoms with Crippen molar-refractivity contribution >= 4 is 11.6 Å². The zero-order valence-electron chi connectivity index (χ0n) is 10.5. The molecule has 1 aromatic rings. The Bertz CT molecular complexity index is 383. The van der Waals surface area contributed by atoms with Crippen molar-refractivity contribution in [2.75, 3.05) is 11.9 Å².